The lowest BCUT2D eigenvalue weighted by atomic mass is 10.0. The van der Waals surface area contributed by atoms with E-state index >= 15 is 0 Å². The van der Waals surface area contributed by atoms with Crippen LogP contribution in [0.2, 0.25) is 0 Å². The highest BCUT2D eigenvalue weighted by atomic mass is 79.9. The van der Waals surface area contributed by atoms with E-state index in [1.807, 2.05) is 58.0 Å². The van der Waals surface area contributed by atoms with Crippen molar-refractivity contribution >= 4 is 33.5 Å². The average Bonchev–Trinajstić information content (AvgIpc) is 2.72. The van der Waals surface area contributed by atoms with Gasteiger partial charge in [0, 0.05) is 12.2 Å². The number of carbonyl (C=O) groups is 2. The van der Waals surface area contributed by atoms with Crippen LogP contribution in [-0.4, -0.2) is 36.2 Å². The van der Waals surface area contributed by atoms with E-state index in [1.165, 1.54) is 0 Å². The first-order valence-corrected chi connectivity index (χ1v) is 11.4. The third-order valence-electron chi connectivity index (χ3n) is 4.61. The van der Waals surface area contributed by atoms with Gasteiger partial charge in [0.25, 0.3) is 5.91 Å². The minimum atomic E-state index is -0.873. The van der Waals surface area contributed by atoms with Crippen molar-refractivity contribution in [2.24, 2.45) is 5.92 Å². The zero-order valence-electron chi connectivity index (χ0n) is 18.9. The molecule has 3 N–H and O–H groups in total. The number of hydrogen-bond donors (Lipinski definition) is 3. The number of aliphatic carboxylic acids is 1. The Kier molecular flexibility index (Phi) is 9.99. The second-order valence-corrected chi connectivity index (χ2v) is 8.80. The summed E-state index contributed by atoms with van der Waals surface area (Å²) in [6.45, 7) is 8.41. The van der Waals surface area contributed by atoms with Gasteiger partial charge in [-0.1, -0.05) is 31.5 Å². The molecule has 0 aliphatic carbocycles. The molecule has 0 saturated carbocycles. The molecule has 32 heavy (non-hydrogen) atoms. The number of benzene rings is 2. The maximum atomic E-state index is 12.3. The first-order chi connectivity index (χ1) is 15.2. The molecule has 0 aromatic heterocycles. The summed E-state index contributed by atoms with van der Waals surface area (Å²) in [5.41, 5.74) is 2.65. The van der Waals surface area contributed by atoms with Gasteiger partial charge in [0.05, 0.1) is 11.1 Å². The van der Waals surface area contributed by atoms with Crippen LogP contribution in [0.15, 0.2) is 40.9 Å². The minimum absolute atomic E-state index is 0.181. The molecule has 8 heteroatoms. The van der Waals surface area contributed by atoms with Gasteiger partial charge in [0.15, 0.2) is 18.1 Å². The van der Waals surface area contributed by atoms with Crippen LogP contribution >= 0.6 is 15.9 Å². The SMILES string of the molecule is CCOc1cc(CNC(CC(C)C)C(=O)O)cc(Br)c1OCC(=O)Nc1ccc(C)cc1. The topological polar surface area (TPSA) is 96.9 Å². The number of rotatable bonds is 12. The highest BCUT2D eigenvalue weighted by molar-refractivity contribution is 9.10. The van der Waals surface area contributed by atoms with Crippen LogP contribution in [0.5, 0.6) is 11.5 Å². The van der Waals surface area contributed by atoms with E-state index in [2.05, 4.69) is 26.6 Å². The fraction of sp³-hybridized carbons (Fsp3) is 0.417. The number of carboxylic acid groups (broad SMARTS) is 1. The van der Waals surface area contributed by atoms with Gasteiger partial charge in [0.1, 0.15) is 6.04 Å². The molecule has 0 fully saturated rings. The smallest absolute Gasteiger partial charge is 0.320 e. The van der Waals surface area contributed by atoms with E-state index in [0.29, 0.717) is 41.2 Å². The second kappa shape index (κ2) is 12.5. The molecule has 2 aromatic carbocycles. The van der Waals surface area contributed by atoms with Crippen LogP contribution < -0.4 is 20.1 Å². The number of halogens is 1. The lowest BCUT2D eigenvalue weighted by Gasteiger charge is -2.18. The molecule has 2 aromatic rings. The molecule has 0 aliphatic heterocycles. The largest absolute Gasteiger partial charge is 0.490 e. The van der Waals surface area contributed by atoms with Crippen LogP contribution in [0.3, 0.4) is 0 Å². The zero-order valence-corrected chi connectivity index (χ0v) is 20.5. The zero-order chi connectivity index (χ0) is 23.7. The number of anilines is 1. The van der Waals surface area contributed by atoms with Crippen molar-refractivity contribution in [3.63, 3.8) is 0 Å². The molecular formula is C24H31BrN2O5. The summed E-state index contributed by atoms with van der Waals surface area (Å²) in [4.78, 5) is 23.8. The summed E-state index contributed by atoms with van der Waals surface area (Å²) in [7, 11) is 0. The fourth-order valence-electron chi connectivity index (χ4n) is 3.08. The van der Waals surface area contributed by atoms with E-state index in [9.17, 15) is 14.7 Å². The molecule has 1 atom stereocenters. The van der Waals surface area contributed by atoms with Crippen LogP contribution in [0.1, 0.15) is 38.3 Å². The quantitative estimate of drug-likeness (QED) is 0.383. The van der Waals surface area contributed by atoms with Crippen LogP contribution in [-0.2, 0) is 16.1 Å². The maximum Gasteiger partial charge on any atom is 0.320 e. The van der Waals surface area contributed by atoms with Gasteiger partial charge in [0.2, 0.25) is 0 Å². The summed E-state index contributed by atoms with van der Waals surface area (Å²) in [5.74, 6) is 0.00888. The van der Waals surface area contributed by atoms with E-state index in [4.69, 9.17) is 9.47 Å². The number of hydrogen-bond acceptors (Lipinski definition) is 5. The Morgan fingerprint density at radius 3 is 2.41 bits per heavy atom. The van der Waals surface area contributed by atoms with E-state index in [-0.39, 0.29) is 18.4 Å². The first kappa shape index (κ1) is 25.7. The molecule has 0 aliphatic rings. The third-order valence-corrected chi connectivity index (χ3v) is 5.20. The molecule has 1 amide bonds. The van der Waals surface area contributed by atoms with Gasteiger partial charge >= 0.3 is 5.97 Å². The lowest BCUT2D eigenvalue weighted by molar-refractivity contribution is -0.140. The van der Waals surface area contributed by atoms with Gasteiger partial charge in [-0.25, -0.2) is 0 Å². The first-order valence-electron chi connectivity index (χ1n) is 10.6. The summed E-state index contributed by atoms with van der Waals surface area (Å²) in [5, 5.41) is 15.3. The number of nitrogens with one attached hydrogen (secondary N) is 2. The van der Waals surface area contributed by atoms with Gasteiger partial charge in [-0.2, -0.15) is 0 Å². The monoisotopic (exact) mass is 506 g/mol. The van der Waals surface area contributed by atoms with Gasteiger partial charge in [-0.05, 0) is 71.9 Å². The van der Waals surface area contributed by atoms with E-state index < -0.39 is 12.0 Å². The molecule has 0 radical (unpaired) electrons. The summed E-state index contributed by atoms with van der Waals surface area (Å²) < 4.78 is 12.1. The maximum absolute atomic E-state index is 12.3. The molecule has 1 unspecified atom stereocenters. The van der Waals surface area contributed by atoms with E-state index in [1.54, 1.807) is 6.07 Å². The number of carbonyl (C=O) groups excluding carboxylic acids is 1. The summed E-state index contributed by atoms with van der Waals surface area (Å²) in [6, 6.07) is 10.5. The highest BCUT2D eigenvalue weighted by Gasteiger charge is 2.19. The van der Waals surface area contributed by atoms with Crippen LogP contribution in [0, 0.1) is 12.8 Å². The summed E-state index contributed by atoms with van der Waals surface area (Å²) >= 11 is 3.49. The Morgan fingerprint density at radius 1 is 1.12 bits per heavy atom. The normalized spacial score (nSPS) is 11.8. The lowest BCUT2D eigenvalue weighted by Crippen LogP contribution is -2.37. The van der Waals surface area contributed by atoms with Gasteiger partial charge in [-0.3, -0.25) is 9.59 Å². The average molecular weight is 507 g/mol. The molecule has 0 bridgehead atoms. The molecule has 2 rings (SSSR count). The molecular weight excluding hydrogens is 476 g/mol. The van der Waals surface area contributed by atoms with Crippen molar-refractivity contribution in [3.8, 4) is 11.5 Å². The van der Waals surface area contributed by atoms with Crippen molar-refractivity contribution < 1.29 is 24.2 Å². The molecule has 0 saturated heterocycles. The Balaban J connectivity index is 2.06. The van der Waals surface area contributed by atoms with Gasteiger partial charge < -0.3 is 25.2 Å². The predicted octanol–water partition coefficient (Wildman–Crippen LogP) is 4.76. The molecule has 0 spiro atoms. The predicted molar refractivity (Wildman–Crippen MR) is 128 cm³/mol. The number of aryl methyl sites for hydroxylation is 1. The second-order valence-electron chi connectivity index (χ2n) is 7.94. The Bertz CT molecular complexity index is 915. The Morgan fingerprint density at radius 2 is 1.81 bits per heavy atom. The van der Waals surface area contributed by atoms with Crippen LogP contribution in [0.25, 0.3) is 0 Å². The minimum Gasteiger partial charge on any atom is -0.490 e. The van der Waals surface area contributed by atoms with Crippen molar-refractivity contribution in [3.05, 3.63) is 52.0 Å². The van der Waals surface area contributed by atoms with Crippen molar-refractivity contribution in [2.45, 2.75) is 46.7 Å². The fourth-order valence-corrected chi connectivity index (χ4v) is 3.69. The number of carboxylic acids is 1. The highest BCUT2D eigenvalue weighted by Crippen LogP contribution is 2.37. The van der Waals surface area contributed by atoms with Crippen molar-refractivity contribution in [2.75, 3.05) is 18.5 Å². The van der Waals surface area contributed by atoms with Crippen molar-refractivity contribution in [1.29, 1.82) is 0 Å². The Hall–Kier alpha value is -2.58. The van der Waals surface area contributed by atoms with E-state index in [0.717, 1.165) is 11.1 Å². The molecule has 7 nitrogen and oxygen atoms in total. The number of amides is 1. The summed E-state index contributed by atoms with van der Waals surface area (Å²) in [6.07, 6.45) is 0.534. The van der Waals surface area contributed by atoms with Crippen molar-refractivity contribution in [1.82, 2.24) is 5.32 Å². The molecule has 174 valence electrons. The third kappa shape index (κ3) is 8.16. The Labute approximate surface area is 197 Å². The van der Waals surface area contributed by atoms with Crippen LogP contribution in [0.4, 0.5) is 5.69 Å². The number of ether oxygens (including phenoxy) is 2. The molecule has 0 heterocycles. The standard InChI is InChI=1S/C24H31BrN2O5/c1-5-31-21-12-17(13-26-20(24(29)30)10-15(2)3)11-19(25)23(21)32-14-22(28)27-18-8-6-16(4)7-9-18/h6-9,11-12,15,20,26H,5,10,13-14H2,1-4H3,(H,27,28)(H,29,30). The van der Waals surface area contributed by atoms with Gasteiger partial charge in [-0.15, -0.1) is 0 Å².